The molecule has 0 radical (unpaired) electrons. The van der Waals surface area contributed by atoms with Crippen LogP contribution >= 0.6 is 0 Å². The zero-order valence-electron chi connectivity index (χ0n) is 11.3. The molecular weight excluding hydrogens is 238 g/mol. The summed E-state index contributed by atoms with van der Waals surface area (Å²) < 4.78 is 0. The molecule has 0 amide bonds. The van der Waals surface area contributed by atoms with Gasteiger partial charge in [-0.1, -0.05) is 42.2 Å². The van der Waals surface area contributed by atoms with Crippen LogP contribution in [0.5, 0.6) is 0 Å². The third-order valence-corrected chi connectivity index (χ3v) is 3.32. The van der Waals surface area contributed by atoms with Gasteiger partial charge >= 0.3 is 0 Å². The number of piperazine rings is 1. The first-order valence-corrected chi connectivity index (χ1v) is 6.60. The summed E-state index contributed by atoms with van der Waals surface area (Å²) in [5, 5.41) is 10.5. The lowest BCUT2D eigenvalue weighted by Crippen LogP contribution is -2.46. The number of rotatable bonds is 6. The molecule has 1 saturated heterocycles. The van der Waals surface area contributed by atoms with Crippen molar-refractivity contribution < 1.29 is 0 Å². The van der Waals surface area contributed by atoms with Gasteiger partial charge in [-0.3, -0.25) is 10.00 Å². The minimum atomic E-state index is 0.943. The van der Waals surface area contributed by atoms with E-state index in [-0.39, 0.29) is 0 Å². The number of nitrogens with one attached hydrogen (secondary N) is 1. The second-order valence-corrected chi connectivity index (χ2v) is 4.66. The summed E-state index contributed by atoms with van der Waals surface area (Å²) in [7, 11) is 0. The molecule has 0 saturated carbocycles. The summed E-state index contributed by atoms with van der Waals surface area (Å²) in [6, 6.07) is 0. The smallest absolute Gasteiger partial charge is 0.170 e. The maximum Gasteiger partial charge on any atom is 0.170 e. The van der Waals surface area contributed by atoms with Crippen LogP contribution in [-0.2, 0) is 0 Å². The van der Waals surface area contributed by atoms with Crippen molar-refractivity contribution in [1.82, 2.24) is 20.3 Å². The predicted molar refractivity (Wildman–Crippen MR) is 78.1 cm³/mol. The standard InChI is InChI=1S/C14H21N5/c1-3-4-5-13(2)6-7-18-8-10-19(11-9-18)14-12-15-17-16-14/h3-5,12H,1-2,6-11H2,(H,15,16,17). The van der Waals surface area contributed by atoms with Gasteiger partial charge in [-0.25, -0.2) is 0 Å². The SMILES string of the molecule is C=CC=CC(=C)CCN1CCN(c2c[nH]nn2)CC1. The molecule has 1 aliphatic heterocycles. The van der Waals surface area contributed by atoms with E-state index in [1.54, 1.807) is 6.08 Å². The first-order chi connectivity index (χ1) is 9.29. The lowest BCUT2D eigenvalue weighted by atomic mass is 10.2. The molecule has 5 heteroatoms. The fraction of sp³-hybridized carbons (Fsp3) is 0.429. The topological polar surface area (TPSA) is 48.0 Å². The number of hydrogen-bond acceptors (Lipinski definition) is 4. The number of aromatic nitrogens is 3. The van der Waals surface area contributed by atoms with Crippen molar-refractivity contribution in [2.75, 3.05) is 37.6 Å². The molecule has 1 aromatic heterocycles. The van der Waals surface area contributed by atoms with E-state index in [1.807, 2.05) is 18.3 Å². The fourth-order valence-electron chi connectivity index (χ4n) is 2.14. The second kappa shape index (κ2) is 6.89. The molecule has 102 valence electrons. The summed E-state index contributed by atoms with van der Waals surface area (Å²) in [4.78, 5) is 4.72. The molecule has 0 aromatic carbocycles. The zero-order valence-corrected chi connectivity index (χ0v) is 11.3. The summed E-state index contributed by atoms with van der Waals surface area (Å²) >= 11 is 0. The third kappa shape index (κ3) is 4.06. The number of aromatic amines is 1. The van der Waals surface area contributed by atoms with Crippen LogP contribution in [0.3, 0.4) is 0 Å². The normalized spacial score (nSPS) is 16.9. The van der Waals surface area contributed by atoms with Crippen molar-refractivity contribution in [3.63, 3.8) is 0 Å². The Hall–Kier alpha value is -1.88. The van der Waals surface area contributed by atoms with E-state index in [0.29, 0.717) is 0 Å². The van der Waals surface area contributed by atoms with Crippen LogP contribution in [0.4, 0.5) is 5.82 Å². The van der Waals surface area contributed by atoms with Crippen LogP contribution < -0.4 is 4.90 Å². The molecule has 2 heterocycles. The molecule has 0 atom stereocenters. The largest absolute Gasteiger partial charge is 0.351 e. The number of H-pyrrole nitrogens is 1. The van der Waals surface area contributed by atoms with Gasteiger partial charge in [0.15, 0.2) is 5.82 Å². The Balaban J connectivity index is 1.70. The van der Waals surface area contributed by atoms with Gasteiger partial charge in [-0.15, -0.1) is 5.10 Å². The minimum Gasteiger partial charge on any atom is -0.351 e. The molecule has 0 spiro atoms. The highest BCUT2D eigenvalue weighted by molar-refractivity contribution is 5.34. The van der Waals surface area contributed by atoms with Gasteiger partial charge in [0.25, 0.3) is 0 Å². The molecule has 1 fully saturated rings. The highest BCUT2D eigenvalue weighted by Gasteiger charge is 2.18. The molecule has 1 aromatic rings. The van der Waals surface area contributed by atoms with Crippen LogP contribution in [0.2, 0.25) is 0 Å². The first kappa shape index (κ1) is 13.5. The zero-order chi connectivity index (χ0) is 13.5. The van der Waals surface area contributed by atoms with Crippen LogP contribution in [0.25, 0.3) is 0 Å². The number of nitrogens with zero attached hydrogens (tertiary/aromatic N) is 4. The van der Waals surface area contributed by atoms with Crippen molar-refractivity contribution in [3.05, 3.63) is 43.2 Å². The van der Waals surface area contributed by atoms with Crippen LogP contribution in [0.15, 0.2) is 43.2 Å². The molecule has 0 unspecified atom stereocenters. The van der Waals surface area contributed by atoms with E-state index in [2.05, 4.69) is 38.4 Å². The summed E-state index contributed by atoms with van der Waals surface area (Å²) in [6.45, 7) is 12.9. The Bertz CT molecular complexity index is 427. The van der Waals surface area contributed by atoms with E-state index < -0.39 is 0 Å². The minimum absolute atomic E-state index is 0.943. The molecular formula is C14H21N5. The summed E-state index contributed by atoms with van der Waals surface area (Å²) in [6.07, 6.45) is 8.59. The van der Waals surface area contributed by atoms with E-state index in [9.17, 15) is 0 Å². The Kier molecular flexibility index (Phi) is 4.92. The Morgan fingerprint density at radius 2 is 2.16 bits per heavy atom. The van der Waals surface area contributed by atoms with Gasteiger partial charge in [-0.2, -0.15) is 0 Å². The van der Waals surface area contributed by atoms with Gasteiger partial charge in [0.2, 0.25) is 0 Å². The average Bonchev–Trinajstić information content (AvgIpc) is 2.97. The molecule has 0 aliphatic carbocycles. The van der Waals surface area contributed by atoms with Gasteiger partial charge in [0.1, 0.15) is 0 Å². The van der Waals surface area contributed by atoms with Gasteiger partial charge in [0.05, 0.1) is 6.20 Å². The summed E-state index contributed by atoms with van der Waals surface area (Å²) in [5.74, 6) is 0.943. The molecule has 1 N–H and O–H groups in total. The Morgan fingerprint density at radius 3 is 2.79 bits per heavy atom. The molecule has 0 bridgehead atoms. The van der Waals surface area contributed by atoms with E-state index in [4.69, 9.17) is 0 Å². The van der Waals surface area contributed by atoms with Crippen molar-refractivity contribution in [3.8, 4) is 0 Å². The average molecular weight is 259 g/mol. The Labute approximate surface area is 114 Å². The van der Waals surface area contributed by atoms with Crippen molar-refractivity contribution in [2.24, 2.45) is 0 Å². The van der Waals surface area contributed by atoms with Gasteiger partial charge in [0, 0.05) is 32.7 Å². The fourth-order valence-corrected chi connectivity index (χ4v) is 2.14. The van der Waals surface area contributed by atoms with E-state index >= 15 is 0 Å². The first-order valence-electron chi connectivity index (χ1n) is 6.60. The van der Waals surface area contributed by atoms with E-state index in [1.165, 1.54) is 0 Å². The van der Waals surface area contributed by atoms with Crippen molar-refractivity contribution in [2.45, 2.75) is 6.42 Å². The lowest BCUT2D eigenvalue weighted by molar-refractivity contribution is 0.261. The van der Waals surface area contributed by atoms with E-state index in [0.717, 1.165) is 50.5 Å². The van der Waals surface area contributed by atoms with Gasteiger partial charge < -0.3 is 4.90 Å². The second-order valence-electron chi connectivity index (χ2n) is 4.66. The number of hydrogen-bond donors (Lipinski definition) is 1. The molecule has 5 nitrogen and oxygen atoms in total. The maximum atomic E-state index is 4.04. The lowest BCUT2D eigenvalue weighted by Gasteiger charge is -2.34. The third-order valence-electron chi connectivity index (χ3n) is 3.32. The number of anilines is 1. The van der Waals surface area contributed by atoms with Crippen molar-refractivity contribution in [1.29, 1.82) is 0 Å². The quantitative estimate of drug-likeness (QED) is 0.789. The maximum absolute atomic E-state index is 4.04. The molecule has 2 rings (SSSR count). The Morgan fingerprint density at radius 1 is 1.37 bits per heavy atom. The van der Waals surface area contributed by atoms with Crippen molar-refractivity contribution >= 4 is 5.82 Å². The highest BCUT2D eigenvalue weighted by atomic mass is 15.4. The highest BCUT2D eigenvalue weighted by Crippen LogP contribution is 2.12. The van der Waals surface area contributed by atoms with Crippen LogP contribution in [-0.4, -0.2) is 53.0 Å². The van der Waals surface area contributed by atoms with Gasteiger partial charge in [-0.05, 0) is 6.42 Å². The van der Waals surface area contributed by atoms with Crippen LogP contribution in [0, 0.1) is 0 Å². The molecule has 19 heavy (non-hydrogen) atoms. The number of allylic oxidation sites excluding steroid dienone is 3. The van der Waals surface area contributed by atoms with Crippen LogP contribution in [0.1, 0.15) is 6.42 Å². The molecule has 1 aliphatic rings. The summed E-state index contributed by atoms with van der Waals surface area (Å²) in [5.41, 5.74) is 1.15. The monoisotopic (exact) mass is 259 g/mol. The predicted octanol–water partition coefficient (Wildman–Crippen LogP) is 1.62.